The van der Waals surface area contributed by atoms with Crippen LogP contribution in [0.1, 0.15) is 43.6 Å². The van der Waals surface area contributed by atoms with Crippen molar-refractivity contribution in [2.75, 3.05) is 103 Å². The molecule has 3 rings (SSSR count). The van der Waals surface area contributed by atoms with Crippen LogP contribution in [-0.2, 0) is 24.0 Å². The van der Waals surface area contributed by atoms with Crippen molar-refractivity contribution in [3.05, 3.63) is 29.8 Å². The number of hydrogen-bond acceptors (Lipinski definition) is 10. The lowest BCUT2D eigenvalue weighted by atomic mass is 9.84. The molecule has 0 bridgehead atoms. The van der Waals surface area contributed by atoms with E-state index in [1.165, 1.54) is 24.8 Å². The Labute approximate surface area is 275 Å². The Bertz CT molecular complexity index is 1150. The van der Waals surface area contributed by atoms with Crippen LogP contribution in [-0.4, -0.2) is 168 Å². The zero-order chi connectivity index (χ0) is 34.2. The first-order chi connectivity index (χ1) is 22.5. The molecule has 0 unspecified atom stereocenters. The summed E-state index contributed by atoms with van der Waals surface area (Å²) in [5.41, 5.74) is 1.94. The van der Waals surface area contributed by atoms with Crippen molar-refractivity contribution >= 4 is 35.5 Å². The van der Waals surface area contributed by atoms with Crippen molar-refractivity contribution in [2.45, 2.75) is 38.0 Å². The summed E-state index contributed by atoms with van der Waals surface area (Å²) in [6.45, 7) is 1.89. The van der Waals surface area contributed by atoms with E-state index in [4.69, 9.17) is 5.11 Å². The topological polar surface area (TPSA) is 194 Å². The number of carbonyl (C=O) groups excluding carboxylic acids is 1. The molecular formula is C32H50N6O9. The lowest BCUT2D eigenvalue weighted by Crippen LogP contribution is -2.50. The molecule has 0 spiro atoms. The summed E-state index contributed by atoms with van der Waals surface area (Å²) in [7, 11) is 0. The zero-order valence-electron chi connectivity index (χ0n) is 27.1. The number of carbonyl (C=O) groups is 5. The molecular weight excluding hydrogens is 612 g/mol. The van der Waals surface area contributed by atoms with Crippen LogP contribution in [0.25, 0.3) is 0 Å². The van der Waals surface area contributed by atoms with Gasteiger partial charge in [-0.2, -0.15) is 0 Å². The minimum Gasteiger partial charge on any atom is -0.480 e. The molecule has 1 amide bonds. The van der Waals surface area contributed by atoms with Crippen LogP contribution in [0.3, 0.4) is 0 Å². The SMILES string of the molecule is O=C(O)CNCCN(C(=O)CN1CCN(CC(=O)O)CCN(CC(=O)O)CCN(CC(=O)O)CC1)c1ccc(C2CCCCC2)cc1. The van der Waals surface area contributed by atoms with Crippen LogP contribution in [0.2, 0.25) is 0 Å². The number of hydrogen-bond donors (Lipinski definition) is 5. The van der Waals surface area contributed by atoms with E-state index in [0.717, 1.165) is 12.8 Å². The smallest absolute Gasteiger partial charge is 0.317 e. The van der Waals surface area contributed by atoms with Crippen LogP contribution in [0.5, 0.6) is 0 Å². The van der Waals surface area contributed by atoms with Gasteiger partial charge in [0.2, 0.25) is 5.91 Å². The Morgan fingerprint density at radius 2 is 1.04 bits per heavy atom. The third kappa shape index (κ3) is 14.3. The molecule has 1 aliphatic heterocycles. The molecule has 15 nitrogen and oxygen atoms in total. The first kappa shape index (κ1) is 37.8. The van der Waals surface area contributed by atoms with E-state index >= 15 is 0 Å². The molecule has 47 heavy (non-hydrogen) atoms. The molecule has 0 aromatic heterocycles. The van der Waals surface area contributed by atoms with Crippen molar-refractivity contribution < 1.29 is 44.4 Å². The summed E-state index contributed by atoms with van der Waals surface area (Å²) in [5, 5.41) is 40.3. The zero-order valence-corrected chi connectivity index (χ0v) is 27.1. The largest absolute Gasteiger partial charge is 0.480 e. The van der Waals surface area contributed by atoms with Gasteiger partial charge in [-0.05, 0) is 36.5 Å². The van der Waals surface area contributed by atoms with Crippen molar-refractivity contribution in [1.82, 2.24) is 24.9 Å². The van der Waals surface area contributed by atoms with Crippen molar-refractivity contribution in [2.24, 2.45) is 0 Å². The van der Waals surface area contributed by atoms with Gasteiger partial charge in [0.1, 0.15) is 0 Å². The average molecular weight is 663 g/mol. The van der Waals surface area contributed by atoms with Gasteiger partial charge in [0.25, 0.3) is 0 Å². The summed E-state index contributed by atoms with van der Waals surface area (Å²) in [6.07, 6.45) is 5.95. The Hall–Kier alpha value is -3.63. The first-order valence-electron chi connectivity index (χ1n) is 16.4. The second kappa shape index (κ2) is 19.9. The summed E-state index contributed by atoms with van der Waals surface area (Å²) in [5.74, 6) is -3.78. The van der Waals surface area contributed by atoms with Gasteiger partial charge in [-0.3, -0.25) is 43.6 Å². The molecule has 2 aliphatic rings. The summed E-state index contributed by atoms with van der Waals surface area (Å²) >= 11 is 0. The van der Waals surface area contributed by atoms with Crippen molar-refractivity contribution in [1.29, 1.82) is 0 Å². The number of carboxylic acid groups (broad SMARTS) is 4. The van der Waals surface area contributed by atoms with Gasteiger partial charge in [-0.15, -0.1) is 0 Å². The lowest BCUT2D eigenvalue weighted by Gasteiger charge is -2.33. The second-order valence-electron chi connectivity index (χ2n) is 12.3. The molecule has 0 atom stereocenters. The standard InChI is InChI=1S/C32H50N6O9/c39-28(38(11-10-33-20-29(40)41)27-8-6-26(7-9-27)25-4-2-1-3-5-25)21-34-12-14-35(22-30(42)43)16-18-37(24-32(46)47)19-17-36(15-13-34)23-31(44)45/h6-9,25,33H,1-5,10-24H2,(H,40,41)(H,42,43)(H,44,45)(H,46,47). The number of anilines is 1. The number of amides is 1. The summed E-state index contributed by atoms with van der Waals surface area (Å²) < 4.78 is 0. The molecule has 5 N–H and O–H groups in total. The fourth-order valence-corrected chi connectivity index (χ4v) is 6.21. The summed E-state index contributed by atoms with van der Waals surface area (Å²) in [6, 6.07) is 7.99. The maximum Gasteiger partial charge on any atom is 0.317 e. The van der Waals surface area contributed by atoms with E-state index in [-0.39, 0.29) is 77.9 Å². The third-order valence-corrected chi connectivity index (χ3v) is 8.74. The number of aliphatic carboxylic acids is 4. The monoisotopic (exact) mass is 662 g/mol. The highest BCUT2D eigenvalue weighted by atomic mass is 16.4. The van der Waals surface area contributed by atoms with Gasteiger partial charge in [-0.1, -0.05) is 31.4 Å². The quantitative estimate of drug-likeness (QED) is 0.160. The van der Waals surface area contributed by atoms with Gasteiger partial charge >= 0.3 is 23.9 Å². The fraction of sp³-hybridized carbons (Fsp3) is 0.656. The van der Waals surface area contributed by atoms with E-state index in [1.807, 2.05) is 17.0 Å². The molecule has 2 fully saturated rings. The van der Waals surface area contributed by atoms with Gasteiger partial charge in [0, 0.05) is 71.1 Å². The van der Waals surface area contributed by atoms with Crippen LogP contribution in [0, 0.1) is 0 Å². The molecule has 0 radical (unpaired) electrons. The van der Waals surface area contributed by atoms with Crippen LogP contribution >= 0.6 is 0 Å². The molecule has 1 aromatic carbocycles. The number of nitrogens with one attached hydrogen (secondary N) is 1. The number of benzene rings is 1. The Morgan fingerprint density at radius 1 is 0.617 bits per heavy atom. The molecule has 262 valence electrons. The van der Waals surface area contributed by atoms with Crippen molar-refractivity contribution in [3.63, 3.8) is 0 Å². The Kier molecular flexibility index (Phi) is 16.0. The van der Waals surface area contributed by atoms with Crippen LogP contribution in [0.4, 0.5) is 5.69 Å². The average Bonchev–Trinajstić information content (AvgIpc) is 3.02. The van der Waals surface area contributed by atoms with Gasteiger partial charge in [0.15, 0.2) is 0 Å². The van der Waals surface area contributed by atoms with Crippen molar-refractivity contribution in [3.8, 4) is 0 Å². The predicted molar refractivity (Wildman–Crippen MR) is 174 cm³/mol. The maximum atomic E-state index is 13.9. The Morgan fingerprint density at radius 3 is 1.45 bits per heavy atom. The van der Waals surface area contributed by atoms with E-state index in [0.29, 0.717) is 37.8 Å². The normalized spacial score (nSPS) is 18.6. The second-order valence-corrected chi connectivity index (χ2v) is 12.3. The molecule has 1 aliphatic carbocycles. The van der Waals surface area contributed by atoms with E-state index in [1.54, 1.807) is 19.6 Å². The van der Waals surface area contributed by atoms with Gasteiger partial charge in [-0.25, -0.2) is 0 Å². The molecule has 1 aromatic rings. The third-order valence-electron chi connectivity index (χ3n) is 8.74. The molecule has 1 saturated heterocycles. The predicted octanol–water partition coefficient (Wildman–Crippen LogP) is 0.217. The fourth-order valence-electron chi connectivity index (χ4n) is 6.21. The van der Waals surface area contributed by atoms with Crippen LogP contribution in [0.15, 0.2) is 24.3 Å². The molecule has 1 saturated carbocycles. The van der Waals surface area contributed by atoms with E-state index in [2.05, 4.69) is 17.4 Å². The minimum atomic E-state index is -1.03. The number of nitrogens with zero attached hydrogens (tertiary/aromatic N) is 5. The highest BCUT2D eigenvalue weighted by Gasteiger charge is 2.24. The first-order valence-corrected chi connectivity index (χ1v) is 16.4. The Balaban J connectivity index is 1.79. The minimum absolute atomic E-state index is 0.0176. The van der Waals surface area contributed by atoms with E-state index in [9.17, 15) is 39.3 Å². The lowest BCUT2D eigenvalue weighted by molar-refractivity contribution is -0.140. The van der Waals surface area contributed by atoms with Gasteiger partial charge < -0.3 is 30.6 Å². The van der Waals surface area contributed by atoms with Gasteiger partial charge in [0.05, 0.1) is 32.7 Å². The number of rotatable bonds is 15. The summed E-state index contributed by atoms with van der Waals surface area (Å²) in [4.78, 5) is 68.3. The highest BCUT2D eigenvalue weighted by molar-refractivity contribution is 5.94. The molecule has 1 heterocycles. The highest BCUT2D eigenvalue weighted by Crippen LogP contribution is 2.33. The van der Waals surface area contributed by atoms with Crippen LogP contribution < -0.4 is 10.2 Å². The van der Waals surface area contributed by atoms with E-state index < -0.39 is 23.9 Å². The number of carboxylic acids is 4. The molecule has 15 heteroatoms. The maximum absolute atomic E-state index is 13.9.